The highest BCUT2D eigenvalue weighted by atomic mass is 35.5. The van der Waals surface area contributed by atoms with Gasteiger partial charge in [0.15, 0.2) is 0 Å². The summed E-state index contributed by atoms with van der Waals surface area (Å²) in [6, 6.07) is 8.82. The smallest absolute Gasteiger partial charge is 0.225 e. The number of carbonyl (C=O) groups is 1. The molecule has 0 bridgehead atoms. The Kier molecular flexibility index (Phi) is 5.27. The molecular formula is C19H27ClN2O. The first-order valence-corrected chi connectivity index (χ1v) is 9.26. The zero-order chi connectivity index (χ0) is 16.4. The van der Waals surface area contributed by atoms with Crippen molar-refractivity contribution in [2.24, 2.45) is 11.8 Å². The van der Waals surface area contributed by atoms with Crippen LogP contribution in [-0.2, 0) is 4.79 Å². The molecule has 1 aliphatic heterocycles. The highest BCUT2D eigenvalue weighted by Crippen LogP contribution is 2.33. The first-order valence-electron chi connectivity index (χ1n) is 8.88. The molecule has 1 heterocycles. The van der Waals surface area contributed by atoms with E-state index >= 15 is 0 Å². The van der Waals surface area contributed by atoms with Gasteiger partial charge in [-0.2, -0.15) is 0 Å². The van der Waals surface area contributed by atoms with E-state index in [2.05, 4.69) is 30.1 Å². The van der Waals surface area contributed by atoms with Gasteiger partial charge in [0.25, 0.3) is 0 Å². The third-order valence-electron chi connectivity index (χ3n) is 5.31. The molecule has 0 unspecified atom stereocenters. The van der Waals surface area contributed by atoms with Gasteiger partial charge in [-0.15, -0.1) is 0 Å². The van der Waals surface area contributed by atoms with Gasteiger partial charge >= 0.3 is 0 Å². The number of halogens is 1. The largest absolute Gasteiger partial charge is 0.342 e. The van der Waals surface area contributed by atoms with Gasteiger partial charge in [-0.05, 0) is 49.8 Å². The molecule has 1 aromatic carbocycles. The van der Waals surface area contributed by atoms with Crippen molar-refractivity contribution in [2.75, 3.05) is 13.1 Å². The minimum atomic E-state index is 0.276. The van der Waals surface area contributed by atoms with Crippen LogP contribution in [0.25, 0.3) is 0 Å². The molecule has 1 saturated carbocycles. The number of amides is 1. The van der Waals surface area contributed by atoms with Crippen LogP contribution in [0, 0.1) is 11.8 Å². The van der Waals surface area contributed by atoms with Gasteiger partial charge in [0.2, 0.25) is 5.91 Å². The monoisotopic (exact) mass is 334 g/mol. The quantitative estimate of drug-likeness (QED) is 0.881. The van der Waals surface area contributed by atoms with Crippen molar-refractivity contribution in [3.05, 3.63) is 34.9 Å². The Balaban J connectivity index is 1.60. The minimum absolute atomic E-state index is 0.276. The van der Waals surface area contributed by atoms with Crippen LogP contribution in [-0.4, -0.2) is 29.9 Å². The van der Waals surface area contributed by atoms with Gasteiger partial charge < -0.3 is 10.2 Å². The summed E-state index contributed by atoms with van der Waals surface area (Å²) >= 11 is 6.11. The number of hydrogen-bond donors (Lipinski definition) is 1. The molecule has 126 valence electrons. The first kappa shape index (κ1) is 16.8. The molecule has 1 N–H and O–H groups in total. The fourth-order valence-corrected chi connectivity index (χ4v) is 3.85. The third kappa shape index (κ3) is 4.07. The van der Waals surface area contributed by atoms with Gasteiger partial charge in [0.1, 0.15) is 0 Å². The lowest BCUT2D eigenvalue weighted by molar-refractivity contribution is -0.134. The highest BCUT2D eigenvalue weighted by Gasteiger charge is 2.37. The minimum Gasteiger partial charge on any atom is -0.342 e. The van der Waals surface area contributed by atoms with Crippen LogP contribution in [0.2, 0.25) is 5.02 Å². The van der Waals surface area contributed by atoms with Crippen LogP contribution in [0.1, 0.15) is 51.1 Å². The SMILES string of the molecule is CC[C@@H]1CN(C(=O)C2CC2)CC[C@@H]1N[C@H](C)c1cccc(Cl)c1. The van der Waals surface area contributed by atoms with Crippen molar-refractivity contribution in [2.45, 2.75) is 51.6 Å². The summed E-state index contributed by atoms with van der Waals surface area (Å²) in [4.78, 5) is 14.4. The number of hydrogen-bond acceptors (Lipinski definition) is 2. The molecule has 3 rings (SSSR count). The summed E-state index contributed by atoms with van der Waals surface area (Å²) < 4.78 is 0. The Bertz CT molecular complexity index is 558. The fraction of sp³-hybridized carbons (Fsp3) is 0.632. The van der Waals surface area contributed by atoms with Crippen molar-refractivity contribution >= 4 is 17.5 Å². The van der Waals surface area contributed by atoms with E-state index in [-0.39, 0.29) is 6.04 Å². The Morgan fingerprint density at radius 1 is 1.39 bits per heavy atom. The van der Waals surface area contributed by atoms with Crippen molar-refractivity contribution in [1.29, 1.82) is 0 Å². The lowest BCUT2D eigenvalue weighted by atomic mass is 9.88. The van der Waals surface area contributed by atoms with Crippen molar-refractivity contribution in [1.82, 2.24) is 10.2 Å². The molecule has 0 aromatic heterocycles. The van der Waals surface area contributed by atoms with E-state index < -0.39 is 0 Å². The molecule has 3 atom stereocenters. The number of nitrogens with zero attached hydrogens (tertiary/aromatic N) is 1. The Labute approximate surface area is 144 Å². The molecule has 1 amide bonds. The second kappa shape index (κ2) is 7.23. The maximum atomic E-state index is 12.3. The summed E-state index contributed by atoms with van der Waals surface area (Å²) in [5.74, 6) is 1.26. The van der Waals surface area contributed by atoms with Crippen LogP contribution in [0.5, 0.6) is 0 Å². The topological polar surface area (TPSA) is 32.3 Å². The molecule has 1 saturated heterocycles. The Hall–Kier alpha value is -1.06. The summed E-state index contributed by atoms with van der Waals surface area (Å²) in [6.45, 7) is 6.23. The number of nitrogens with one attached hydrogen (secondary N) is 1. The number of carbonyl (C=O) groups excluding carboxylic acids is 1. The van der Waals surface area contributed by atoms with Crippen LogP contribution in [0.3, 0.4) is 0 Å². The van der Waals surface area contributed by atoms with Crippen molar-refractivity contribution < 1.29 is 4.79 Å². The summed E-state index contributed by atoms with van der Waals surface area (Å²) in [7, 11) is 0. The lowest BCUT2D eigenvalue weighted by Gasteiger charge is -2.40. The van der Waals surface area contributed by atoms with E-state index in [1.165, 1.54) is 5.56 Å². The highest BCUT2D eigenvalue weighted by molar-refractivity contribution is 6.30. The van der Waals surface area contributed by atoms with E-state index in [1.807, 2.05) is 18.2 Å². The summed E-state index contributed by atoms with van der Waals surface area (Å²) in [6.07, 6.45) is 4.34. The maximum absolute atomic E-state index is 12.3. The molecule has 2 fully saturated rings. The number of rotatable bonds is 5. The predicted molar refractivity (Wildman–Crippen MR) is 94.5 cm³/mol. The van der Waals surface area contributed by atoms with E-state index in [4.69, 9.17) is 11.6 Å². The van der Waals surface area contributed by atoms with E-state index in [1.54, 1.807) is 0 Å². The molecule has 23 heavy (non-hydrogen) atoms. The Morgan fingerprint density at radius 2 is 2.17 bits per heavy atom. The van der Waals surface area contributed by atoms with E-state index in [9.17, 15) is 4.79 Å². The van der Waals surface area contributed by atoms with Crippen LogP contribution in [0.4, 0.5) is 0 Å². The molecule has 4 heteroatoms. The molecule has 2 aliphatic rings. The normalized spacial score (nSPS) is 26.1. The van der Waals surface area contributed by atoms with Crippen LogP contribution < -0.4 is 5.32 Å². The molecule has 0 radical (unpaired) electrons. The maximum Gasteiger partial charge on any atom is 0.225 e. The number of piperidine rings is 1. The van der Waals surface area contributed by atoms with Gasteiger partial charge in [-0.25, -0.2) is 0 Å². The van der Waals surface area contributed by atoms with Crippen molar-refractivity contribution in [3.8, 4) is 0 Å². The predicted octanol–water partition coefficient (Wildman–Crippen LogP) is 4.03. The fourth-order valence-electron chi connectivity index (χ4n) is 3.65. The average Bonchev–Trinajstić information content (AvgIpc) is 3.39. The zero-order valence-corrected chi connectivity index (χ0v) is 14.9. The first-order chi connectivity index (χ1) is 11.1. The van der Waals surface area contributed by atoms with Gasteiger partial charge in [0, 0.05) is 36.1 Å². The lowest BCUT2D eigenvalue weighted by Crippen LogP contribution is -2.51. The van der Waals surface area contributed by atoms with Crippen LogP contribution in [0.15, 0.2) is 24.3 Å². The van der Waals surface area contributed by atoms with Gasteiger partial charge in [0.05, 0.1) is 0 Å². The molecule has 1 aliphatic carbocycles. The zero-order valence-electron chi connectivity index (χ0n) is 14.1. The second-order valence-electron chi connectivity index (χ2n) is 7.07. The molecule has 0 spiro atoms. The van der Waals surface area contributed by atoms with E-state index in [0.29, 0.717) is 23.8 Å². The second-order valence-corrected chi connectivity index (χ2v) is 7.50. The molecule has 3 nitrogen and oxygen atoms in total. The average molecular weight is 335 g/mol. The van der Waals surface area contributed by atoms with Crippen molar-refractivity contribution in [3.63, 3.8) is 0 Å². The van der Waals surface area contributed by atoms with Gasteiger partial charge in [-0.3, -0.25) is 4.79 Å². The Morgan fingerprint density at radius 3 is 2.83 bits per heavy atom. The summed E-state index contributed by atoms with van der Waals surface area (Å²) in [5, 5.41) is 4.56. The summed E-state index contributed by atoms with van der Waals surface area (Å²) in [5.41, 5.74) is 1.23. The number of benzene rings is 1. The molecular weight excluding hydrogens is 308 g/mol. The van der Waals surface area contributed by atoms with Gasteiger partial charge in [-0.1, -0.05) is 37.1 Å². The van der Waals surface area contributed by atoms with E-state index in [0.717, 1.165) is 43.8 Å². The number of likely N-dealkylation sites (tertiary alicyclic amines) is 1. The molecule has 1 aromatic rings. The third-order valence-corrected chi connectivity index (χ3v) is 5.54. The standard InChI is InChI=1S/C19H27ClN2O/c1-3-14-12-22(19(23)15-7-8-15)10-9-18(14)21-13(2)16-5-4-6-17(20)11-16/h4-6,11,13-15,18,21H,3,7-10,12H2,1-2H3/t13-,14-,18+/m1/s1. The van der Waals surface area contributed by atoms with Crippen LogP contribution >= 0.6 is 11.6 Å².